The van der Waals surface area contributed by atoms with Gasteiger partial charge in [-0.15, -0.1) is 11.6 Å². The molecule has 1 atom stereocenters. The summed E-state index contributed by atoms with van der Waals surface area (Å²) < 4.78 is 14.0. The van der Waals surface area contributed by atoms with Gasteiger partial charge in [-0.05, 0) is 80.2 Å². The van der Waals surface area contributed by atoms with Crippen molar-refractivity contribution in [2.45, 2.75) is 50.3 Å². The van der Waals surface area contributed by atoms with E-state index >= 15 is 0 Å². The fraction of sp³-hybridized carbons (Fsp3) is 0.667. The summed E-state index contributed by atoms with van der Waals surface area (Å²) in [5.74, 6) is 2.40. The number of benzene rings is 1. The molecule has 4 bridgehead atoms. The van der Waals surface area contributed by atoms with Gasteiger partial charge in [-0.2, -0.15) is 0 Å². The Morgan fingerprint density at radius 2 is 1.67 bits per heavy atom. The van der Waals surface area contributed by atoms with Gasteiger partial charge in [0.2, 0.25) is 0 Å². The molecule has 3 heteroatoms. The Hall–Kier alpha value is -0.270. The second-order valence-electron chi connectivity index (χ2n) is 7.65. The van der Waals surface area contributed by atoms with Crippen LogP contribution >= 0.6 is 23.2 Å². The number of halogens is 3. The number of hydrogen-bond acceptors (Lipinski definition) is 0. The van der Waals surface area contributed by atoms with E-state index in [1.165, 1.54) is 44.6 Å². The molecule has 114 valence electrons. The van der Waals surface area contributed by atoms with E-state index in [0.29, 0.717) is 17.0 Å². The molecule has 1 aromatic rings. The summed E-state index contributed by atoms with van der Waals surface area (Å²) in [6.07, 6.45) is 8.53. The van der Waals surface area contributed by atoms with Crippen LogP contribution in [-0.2, 0) is 6.42 Å². The van der Waals surface area contributed by atoms with E-state index in [0.717, 1.165) is 17.8 Å². The molecular formula is C18H21Cl2F. The molecule has 5 rings (SSSR count). The van der Waals surface area contributed by atoms with E-state index in [4.69, 9.17) is 23.2 Å². The van der Waals surface area contributed by atoms with Crippen LogP contribution in [0.3, 0.4) is 0 Å². The lowest BCUT2D eigenvalue weighted by Gasteiger charge is -2.58. The molecule has 0 heterocycles. The van der Waals surface area contributed by atoms with Gasteiger partial charge in [0, 0.05) is 16.0 Å². The summed E-state index contributed by atoms with van der Waals surface area (Å²) in [7, 11) is 0. The summed E-state index contributed by atoms with van der Waals surface area (Å²) in [5, 5.41) is 0.533. The molecule has 0 aromatic heterocycles. The van der Waals surface area contributed by atoms with Gasteiger partial charge in [-0.25, -0.2) is 4.39 Å². The summed E-state index contributed by atoms with van der Waals surface area (Å²) in [6, 6.07) is 4.92. The molecule has 0 N–H and O–H groups in total. The van der Waals surface area contributed by atoms with Gasteiger partial charge in [0.05, 0.1) is 0 Å². The molecule has 0 amide bonds. The maximum Gasteiger partial charge on any atom is 0.127 e. The SMILES string of the molecule is Fc1cccc(Cl)c1CC(Cl)C12CC3CC(CC(C3)C1)C2. The lowest BCUT2D eigenvalue weighted by molar-refractivity contribution is -0.0545. The standard InChI is InChI=1S/C18H21Cl2F/c19-15-2-1-3-16(21)14(15)7-17(20)18-8-11-4-12(9-18)6-13(5-11)10-18/h1-3,11-13,17H,4-10H2. The molecule has 0 spiro atoms. The minimum absolute atomic E-state index is 0.0142. The van der Waals surface area contributed by atoms with Gasteiger partial charge >= 0.3 is 0 Å². The first kappa shape index (κ1) is 14.3. The molecule has 21 heavy (non-hydrogen) atoms. The van der Waals surface area contributed by atoms with E-state index in [1.807, 2.05) is 0 Å². The highest BCUT2D eigenvalue weighted by molar-refractivity contribution is 6.31. The molecule has 1 aromatic carbocycles. The van der Waals surface area contributed by atoms with E-state index in [1.54, 1.807) is 12.1 Å². The predicted molar refractivity (Wildman–Crippen MR) is 85.4 cm³/mol. The van der Waals surface area contributed by atoms with Gasteiger partial charge in [-0.1, -0.05) is 17.7 Å². The fourth-order valence-electron chi connectivity index (χ4n) is 5.68. The van der Waals surface area contributed by atoms with Gasteiger partial charge in [0.15, 0.2) is 0 Å². The average molecular weight is 327 g/mol. The summed E-state index contributed by atoms with van der Waals surface area (Å²) in [6.45, 7) is 0. The fourth-order valence-corrected chi connectivity index (χ4v) is 6.35. The smallest absolute Gasteiger partial charge is 0.127 e. The zero-order valence-electron chi connectivity index (χ0n) is 12.1. The van der Waals surface area contributed by atoms with Crippen LogP contribution in [0.1, 0.15) is 44.1 Å². The van der Waals surface area contributed by atoms with Crippen molar-refractivity contribution in [3.05, 3.63) is 34.6 Å². The van der Waals surface area contributed by atoms with Crippen molar-refractivity contribution in [1.29, 1.82) is 0 Å². The third-order valence-electron chi connectivity index (χ3n) is 6.20. The lowest BCUT2D eigenvalue weighted by atomic mass is 9.48. The van der Waals surface area contributed by atoms with Crippen LogP contribution < -0.4 is 0 Å². The average Bonchev–Trinajstić information content (AvgIpc) is 2.41. The monoisotopic (exact) mass is 326 g/mol. The zero-order chi connectivity index (χ0) is 14.6. The summed E-state index contributed by atoms with van der Waals surface area (Å²) in [5.41, 5.74) is 0.844. The molecule has 0 aliphatic heterocycles. The molecule has 0 nitrogen and oxygen atoms in total. The molecule has 4 saturated carbocycles. The third-order valence-corrected chi connectivity index (χ3v) is 7.17. The molecular weight excluding hydrogens is 306 g/mol. The lowest BCUT2D eigenvalue weighted by Crippen LogP contribution is -2.50. The third kappa shape index (κ3) is 2.41. The van der Waals surface area contributed by atoms with Crippen molar-refractivity contribution in [2.75, 3.05) is 0 Å². The zero-order valence-corrected chi connectivity index (χ0v) is 13.6. The first-order valence-corrected chi connectivity index (χ1v) is 8.94. The van der Waals surface area contributed by atoms with Gasteiger partial charge in [-0.3, -0.25) is 0 Å². The highest BCUT2D eigenvalue weighted by Crippen LogP contribution is 2.62. The Labute approximate surface area is 136 Å². The Bertz CT molecular complexity index is 499. The Balaban J connectivity index is 1.59. The Morgan fingerprint density at radius 1 is 1.10 bits per heavy atom. The minimum atomic E-state index is -0.210. The van der Waals surface area contributed by atoms with Crippen LogP contribution in [0.4, 0.5) is 4.39 Å². The second-order valence-corrected chi connectivity index (χ2v) is 8.59. The summed E-state index contributed by atoms with van der Waals surface area (Å²) in [4.78, 5) is 0. The molecule has 0 radical (unpaired) electrons. The van der Waals surface area contributed by atoms with E-state index in [9.17, 15) is 4.39 Å². The molecule has 0 saturated heterocycles. The van der Waals surface area contributed by atoms with E-state index in [-0.39, 0.29) is 16.6 Å². The second kappa shape index (κ2) is 5.13. The predicted octanol–water partition coefficient (Wildman–Crippen LogP) is 5.85. The Kier molecular flexibility index (Phi) is 3.50. The number of alkyl halides is 1. The van der Waals surface area contributed by atoms with Gasteiger partial charge in [0.25, 0.3) is 0 Å². The topological polar surface area (TPSA) is 0 Å². The molecule has 1 unspecified atom stereocenters. The van der Waals surface area contributed by atoms with Crippen LogP contribution in [0.15, 0.2) is 18.2 Å². The number of hydrogen-bond donors (Lipinski definition) is 0. The van der Waals surface area contributed by atoms with Crippen molar-refractivity contribution in [3.8, 4) is 0 Å². The molecule has 4 aliphatic carbocycles. The van der Waals surface area contributed by atoms with Crippen molar-refractivity contribution in [2.24, 2.45) is 23.2 Å². The van der Waals surface area contributed by atoms with Crippen molar-refractivity contribution in [3.63, 3.8) is 0 Å². The van der Waals surface area contributed by atoms with Crippen LogP contribution in [-0.4, -0.2) is 5.38 Å². The first-order valence-electron chi connectivity index (χ1n) is 8.13. The van der Waals surface area contributed by atoms with E-state index in [2.05, 4.69) is 0 Å². The maximum absolute atomic E-state index is 14.0. The largest absolute Gasteiger partial charge is 0.207 e. The van der Waals surface area contributed by atoms with Crippen molar-refractivity contribution in [1.82, 2.24) is 0 Å². The summed E-state index contributed by atoms with van der Waals surface area (Å²) >= 11 is 13.0. The minimum Gasteiger partial charge on any atom is -0.207 e. The van der Waals surface area contributed by atoms with Gasteiger partial charge in [0.1, 0.15) is 5.82 Å². The van der Waals surface area contributed by atoms with Crippen LogP contribution in [0.2, 0.25) is 5.02 Å². The normalized spacial score (nSPS) is 38.7. The quantitative estimate of drug-likeness (QED) is 0.611. The van der Waals surface area contributed by atoms with Crippen molar-refractivity contribution >= 4 is 23.2 Å². The number of rotatable bonds is 3. The van der Waals surface area contributed by atoms with Crippen LogP contribution in [0, 0.1) is 29.0 Å². The molecule has 4 fully saturated rings. The van der Waals surface area contributed by atoms with Crippen LogP contribution in [0.5, 0.6) is 0 Å². The Morgan fingerprint density at radius 3 is 2.19 bits per heavy atom. The maximum atomic E-state index is 14.0. The highest BCUT2D eigenvalue weighted by atomic mass is 35.5. The highest BCUT2D eigenvalue weighted by Gasteiger charge is 2.53. The van der Waals surface area contributed by atoms with Crippen molar-refractivity contribution < 1.29 is 4.39 Å². The van der Waals surface area contributed by atoms with Crippen LogP contribution in [0.25, 0.3) is 0 Å². The first-order chi connectivity index (χ1) is 10.1. The van der Waals surface area contributed by atoms with Gasteiger partial charge < -0.3 is 0 Å². The molecule has 4 aliphatic rings. The van der Waals surface area contributed by atoms with E-state index < -0.39 is 0 Å².